The van der Waals surface area contributed by atoms with E-state index in [9.17, 15) is 43.2 Å². The molecule has 0 radical (unpaired) electrons. The van der Waals surface area contributed by atoms with Crippen LogP contribution in [0.3, 0.4) is 0 Å². The molecule has 102 heavy (non-hydrogen) atoms. The predicted molar refractivity (Wildman–Crippen MR) is 418 cm³/mol. The van der Waals surface area contributed by atoms with Crippen LogP contribution in [0.25, 0.3) is 0 Å². The van der Waals surface area contributed by atoms with Crippen molar-refractivity contribution in [2.75, 3.05) is 39.6 Å². The second-order valence-corrected chi connectivity index (χ2v) is 29.5. The fraction of sp³-hybridized carbons (Fsp3) is 0.735. The van der Waals surface area contributed by atoms with E-state index >= 15 is 0 Å². The van der Waals surface area contributed by atoms with Gasteiger partial charge < -0.3 is 33.8 Å². The van der Waals surface area contributed by atoms with E-state index in [1.807, 2.05) is 0 Å². The molecule has 0 saturated carbocycles. The van der Waals surface area contributed by atoms with Gasteiger partial charge >= 0.3 is 39.5 Å². The van der Waals surface area contributed by atoms with Crippen LogP contribution in [0.15, 0.2) is 109 Å². The third kappa shape index (κ3) is 74.0. The lowest BCUT2D eigenvalue weighted by Gasteiger charge is -2.21. The lowest BCUT2D eigenvalue weighted by atomic mass is 10.1. The Morgan fingerprint density at radius 2 is 0.510 bits per heavy atom. The number of carbonyl (C=O) groups is 4. The Morgan fingerprint density at radius 1 is 0.284 bits per heavy atom. The largest absolute Gasteiger partial charge is 0.472 e. The molecule has 0 aromatic heterocycles. The summed E-state index contributed by atoms with van der Waals surface area (Å²) >= 11 is 0. The van der Waals surface area contributed by atoms with Crippen molar-refractivity contribution in [3.63, 3.8) is 0 Å². The van der Waals surface area contributed by atoms with Crippen molar-refractivity contribution in [2.24, 2.45) is 0 Å². The molecular formula is C83H144O17P2. The maximum atomic E-state index is 13.1. The molecule has 0 bridgehead atoms. The van der Waals surface area contributed by atoms with Crippen LogP contribution in [0, 0.1) is 0 Å². The first-order chi connectivity index (χ1) is 49.7. The number of carbonyl (C=O) groups excluding carboxylic acids is 4. The molecule has 0 aliphatic heterocycles. The van der Waals surface area contributed by atoms with Crippen molar-refractivity contribution in [3.8, 4) is 0 Å². The fourth-order valence-electron chi connectivity index (χ4n) is 10.7. The van der Waals surface area contributed by atoms with Gasteiger partial charge in [0.25, 0.3) is 0 Å². The molecule has 19 heteroatoms. The quantitative estimate of drug-likeness (QED) is 0.0169. The minimum Gasteiger partial charge on any atom is -0.462 e. The molecule has 0 fully saturated rings. The molecular weight excluding hydrogens is 1330 g/mol. The Morgan fingerprint density at radius 3 is 0.794 bits per heavy atom. The van der Waals surface area contributed by atoms with Crippen molar-refractivity contribution in [1.82, 2.24) is 0 Å². The number of hydrogen-bond donors (Lipinski definition) is 3. The summed E-state index contributed by atoms with van der Waals surface area (Å²) in [5.41, 5.74) is 0. The van der Waals surface area contributed by atoms with Crippen LogP contribution in [0.1, 0.15) is 336 Å². The number of allylic oxidation sites excluding steroid dienone is 18. The topological polar surface area (TPSA) is 237 Å². The standard InChI is InChI=1S/C83H144O17P2/c1-5-9-13-17-21-25-29-32-35-37-38-40-43-45-49-52-56-60-64-68-81(86)94-74-79(100-83(88)70-66-62-58-54-50-46-41-34-31-27-23-19-15-11-7-3)76-98-102(91,92)96-72-77(84)71-95-101(89,90)97-75-78(99-82(87)69-65-61-57-53-47-28-24-20-16-12-8-4)73-93-80(85)67-63-59-55-51-48-44-42-39-36-33-30-26-22-18-14-10-6-2/h9-10,13-14,21-22,25-26,32-36,38,40-42,44,77-79,84H,5-8,11-12,15-20,23-24,27-31,37,39,43,45-76H2,1-4H3,(H,89,90)(H,91,92)/b13-9-,14-10-,25-21-,26-22-,35-32-,36-33-,40-38-,41-34-,44-42-. The van der Waals surface area contributed by atoms with Gasteiger partial charge in [-0.3, -0.25) is 37.3 Å². The zero-order chi connectivity index (χ0) is 74.6. The lowest BCUT2D eigenvalue weighted by Crippen LogP contribution is -2.30. The van der Waals surface area contributed by atoms with Gasteiger partial charge in [-0.1, -0.05) is 291 Å². The number of esters is 4. The molecule has 588 valence electrons. The minimum atomic E-state index is -4.98. The zero-order valence-corrected chi connectivity index (χ0v) is 66.0. The number of unbranched alkanes of at least 4 members (excludes halogenated alkanes) is 31. The number of rotatable bonds is 75. The zero-order valence-electron chi connectivity index (χ0n) is 64.3. The highest BCUT2D eigenvalue weighted by molar-refractivity contribution is 7.47. The van der Waals surface area contributed by atoms with Gasteiger partial charge in [-0.2, -0.15) is 0 Å². The van der Waals surface area contributed by atoms with E-state index in [4.69, 9.17) is 37.0 Å². The average Bonchev–Trinajstić information content (AvgIpc) is 0.939. The summed E-state index contributed by atoms with van der Waals surface area (Å²) < 4.78 is 68.6. The van der Waals surface area contributed by atoms with Crippen LogP contribution >= 0.6 is 15.6 Å². The first kappa shape index (κ1) is 97.7. The summed E-state index contributed by atoms with van der Waals surface area (Å²) in [6, 6.07) is 0. The number of aliphatic hydroxyl groups excluding tert-OH is 1. The molecule has 0 aliphatic carbocycles. The van der Waals surface area contributed by atoms with Crippen LogP contribution < -0.4 is 0 Å². The molecule has 0 amide bonds. The molecule has 5 atom stereocenters. The van der Waals surface area contributed by atoms with E-state index in [-0.39, 0.29) is 25.7 Å². The van der Waals surface area contributed by atoms with Crippen LogP contribution in [0.4, 0.5) is 0 Å². The van der Waals surface area contributed by atoms with Gasteiger partial charge in [0.15, 0.2) is 12.2 Å². The van der Waals surface area contributed by atoms with Crippen LogP contribution in [-0.2, 0) is 65.4 Å². The van der Waals surface area contributed by atoms with Gasteiger partial charge in [-0.25, -0.2) is 9.13 Å². The van der Waals surface area contributed by atoms with Crippen LogP contribution in [0.5, 0.6) is 0 Å². The van der Waals surface area contributed by atoms with Gasteiger partial charge in [-0.05, 0) is 128 Å². The van der Waals surface area contributed by atoms with Crippen LogP contribution in [-0.4, -0.2) is 96.7 Å². The van der Waals surface area contributed by atoms with Gasteiger partial charge in [0.2, 0.25) is 0 Å². The molecule has 0 aromatic carbocycles. The van der Waals surface area contributed by atoms with E-state index in [0.717, 1.165) is 180 Å². The number of ether oxygens (including phenoxy) is 4. The summed E-state index contributed by atoms with van der Waals surface area (Å²) in [6.07, 6.45) is 80.7. The molecule has 0 spiro atoms. The summed E-state index contributed by atoms with van der Waals surface area (Å²) in [5, 5.41) is 10.6. The SMILES string of the molecule is CC/C=C\C/C=C\C/C=C\C/C=C\CCCCCCCCC(=O)OCC(COP(=O)(O)OCC(O)COP(=O)(O)OCC(COC(=O)CCCCCC/C=C\C/C=C\C/C=C\C/C=C\CC)OC(=O)CCCCCCCCCCCCC)OC(=O)CCCCCCC/C=C\CCCCCCCC. The summed E-state index contributed by atoms with van der Waals surface area (Å²) in [7, 11) is -9.96. The van der Waals surface area contributed by atoms with Gasteiger partial charge in [-0.15, -0.1) is 0 Å². The van der Waals surface area contributed by atoms with Crippen molar-refractivity contribution in [2.45, 2.75) is 354 Å². The number of phosphoric ester groups is 2. The smallest absolute Gasteiger partial charge is 0.462 e. The molecule has 0 heterocycles. The molecule has 0 rings (SSSR count). The summed E-state index contributed by atoms with van der Waals surface area (Å²) in [4.78, 5) is 73.0. The number of aliphatic hydroxyl groups is 1. The van der Waals surface area contributed by atoms with E-state index in [1.165, 1.54) is 77.0 Å². The maximum Gasteiger partial charge on any atom is 0.472 e. The van der Waals surface area contributed by atoms with Gasteiger partial charge in [0.05, 0.1) is 26.4 Å². The lowest BCUT2D eigenvalue weighted by molar-refractivity contribution is -0.161. The third-order valence-corrected chi connectivity index (χ3v) is 18.6. The highest BCUT2D eigenvalue weighted by atomic mass is 31.2. The Hall–Kier alpha value is -4.28. The van der Waals surface area contributed by atoms with E-state index in [0.29, 0.717) is 25.7 Å². The second kappa shape index (κ2) is 75.0. The third-order valence-electron chi connectivity index (χ3n) is 16.7. The average molecular weight is 1480 g/mol. The Bertz CT molecular complexity index is 2360. The summed E-state index contributed by atoms with van der Waals surface area (Å²) in [5.74, 6) is -2.21. The Balaban J connectivity index is 5.34. The molecule has 0 aliphatic rings. The van der Waals surface area contributed by atoms with Crippen molar-refractivity contribution in [1.29, 1.82) is 0 Å². The van der Waals surface area contributed by atoms with Gasteiger partial charge in [0, 0.05) is 25.7 Å². The summed E-state index contributed by atoms with van der Waals surface area (Å²) in [6.45, 7) is 4.62. The van der Waals surface area contributed by atoms with E-state index in [2.05, 4.69) is 137 Å². The molecule has 0 aromatic rings. The maximum absolute atomic E-state index is 13.1. The second-order valence-electron chi connectivity index (χ2n) is 26.6. The van der Waals surface area contributed by atoms with E-state index < -0.39 is 97.5 Å². The fourth-order valence-corrected chi connectivity index (χ4v) is 12.2. The van der Waals surface area contributed by atoms with Crippen molar-refractivity contribution in [3.05, 3.63) is 109 Å². The molecule has 0 saturated heterocycles. The molecule has 17 nitrogen and oxygen atoms in total. The first-order valence-corrected chi connectivity index (χ1v) is 43.1. The van der Waals surface area contributed by atoms with Crippen LogP contribution in [0.2, 0.25) is 0 Å². The first-order valence-electron chi connectivity index (χ1n) is 40.1. The number of phosphoric acid groups is 2. The highest BCUT2D eigenvalue weighted by Crippen LogP contribution is 2.45. The number of hydrogen-bond acceptors (Lipinski definition) is 15. The monoisotopic (exact) mass is 1470 g/mol. The van der Waals surface area contributed by atoms with Gasteiger partial charge in [0.1, 0.15) is 19.3 Å². The normalized spacial score (nSPS) is 14.5. The van der Waals surface area contributed by atoms with E-state index in [1.54, 1.807) is 0 Å². The van der Waals surface area contributed by atoms with Crippen molar-refractivity contribution < 1.29 is 80.2 Å². The molecule has 3 N–H and O–H groups in total. The Kier molecular flexibility index (Phi) is 71.8. The Labute approximate surface area is 619 Å². The minimum absolute atomic E-state index is 0.0813. The molecule has 5 unspecified atom stereocenters. The van der Waals surface area contributed by atoms with Crippen molar-refractivity contribution >= 4 is 39.5 Å². The highest BCUT2D eigenvalue weighted by Gasteiger charge is 2.30. The predicted octanol–water partition coefficient (Wildman–Crippen LogP) is 23.3.